The highest BCUT2D eigenvalue weighted by Crippen LogP contribution is 2.27. The lowest BCUT2D eigenvalue weighted by Gasteiger charge is -2.34. The largest absolute Gasteiger partial charge is 0.483 e. The molecule has 2 heterocycles. The molecule has 0 radical (unpaired) electrons. The molecule has 0 aromatic carbocycles. The number of aliphatic hydroxyl groups excluding tert-OH is 1. The highest BCUT2D eigenvalue weighted by atomic mass is 32.1. The fourth-order valence-corrected chi connectivity index (χ4v) is 4.01. The molecule has 168 valence electrons. The molecule has 0 bridgehead atoms. The molecule has 1 aliphatic carbocycles. The van der Waals surface area contributed by atoms with E-state index < -0.39 is 12.1 Å². The fourth-order valence-electron chi connectivity index (χ4n) is 3.46. The van der Waals surface area contributed by atoms with Crippen molar-refractivity contribution in [2.24, 2.45) is 5.92 Å². The van der Waals surface area contributed by atoms with Crippen molar-refractivity contribution in [3.63, 3.8) is 0 Å². The maximum atomic E-state index is 12.7. The summed E-state index contributed by atoms with van der Waals surface area (Å²) in [6, 6.07) is 2.86. The highest BCUT2D eigenvalue weighted by Gasteiger charge is 2.35. The van der Waals surface area contributed by atoms with Crippen molar-refractivity contribution in [1.29, 1.82) is 0 Å². The molecule has 1 fully saturated rings. The van der Waals surface area contributed by atoms with E-state index in [1.54, 1.807) is 35.8 Å². The van der Waals surface area contributed by atoms with Crippen molar-refractivity contribution in [2.45, 2.75) is 38.0 Å². The van der Waals surface area contributed by atoms with Crippen molar-refractivity contribution in [3.05, 3.63) is 40.5 Å². The Morgan fingerprint density at radius 3 is 2.74 bits per heavy atom. The summed E-state index contributed by atoms with van der Waals surface area (Å²) >= 11 is 1.49. The van der Waals surface area contributed by atoms with E-state index in [4.69, 9.17) is 14.6 Å². The average molecular weight is 451 g/mol. The second-order valence-electron chi connectivity index (χ2n) is 7.00. The maximum Gasteiger partial charge on any atom is 0.290 e. The van der Waals surface area contributed by atoms with Gasteiger partial charge in [-0.25, -0.2) is 9.97 Å². The molecule has 10 nitrogen and oxygen atoms in total. The third-order valence-electron chi connectivity index (χ3n) is 4.95. The van der Waals surface area contributed by atoms with Crippen molar-refractivity contribution in [1.82, 2.24) is 20.2 Å². The lowest BCUT2D eigenvalue weighted by molar-refractivity contribution is -0.137. The van der Waals surface area contributed by atoms with Crippen LogP contribution in [0.2, 0.25) is 0 Å². The first-order chi connectivity index (χ1) is 14.9. The average Bonchev–Trinajstić information content (AvgIpc) is 3.28. The molecule has 2 aromatic rings. The summed E-state index contributed by atoms with van der Waals surface area (Å²) in [5.74, 6) is -0.382. The van der Waals surface area contributed by atoms with E-state index in [0.29, 0.717) is 31.4 Å². The lowest BCUT2D eigenvalue weighted by atomic mass is 9.83. The molecule has 0 unspecified atom stereocenters. The molecule has 11 heteroatoms. The van der Waals surface area contributed by atoms with Crippen LogP contribution in [0.25, 0.3) is 0 Å². The third kappa shape index (κ3) is 6.72. The third-order valence-corrected chi connectivity index (χ3v) is 5.59. The summed E-state index contributed by atoms with van der Waals surface area (Å²) in [5, 5.41) is 22.2. The van der Waals surface area contributed by atoms with E-state index in [-0.39, 0.29) is 30.1 Å². The van der Waals surface area contributed by atoms with Crippen molar-refractivity contribution >= 4 is 29.6 Å². The number of thiazole rings is 1. The first kappa shape index (κ1) is 24.2. The molecule has 3 rings (SSSR count). The van der Waals surface area contributed by atoms with Crippen LogP contribution in [0.15, 0.2) is 29.2 Å². The van der Waals surface area contributed by atoms with E-state index in [1.807, 2.05) is 5.38 Å². The number of pyridine rings is 1. The predicted octanol–water partition coefficient (Wildman–Crippen LogP) is 1.17. The van der Waals surface area contributed by atoms with Crippen LogP contribution in [0.5, 0.6) is 5.88 Å². The van der Waals surface area contributed by atoms with Crippen molar-refractivity contribution < 1.29 is 29.3 Å². The number of nitrogens with one attached hydrogen (secondary N) is 1. The Morgan fingerprint density at radius 2 is 2.13 bits per heavy atom. The van der Waals surface area contributed by atoms with Crippen molar-refractivity contribution in [3.8, 4) is 5.88 Å². The minimum atomic E-state index is -0.790. The molecular weight excluding hydrogens is 424 g/mol. The molecular formula is C20H26N4O6S. The van der Waals surface area contributed by atoms with E-state index in [1.165, 1.54) is 18.4 Å². The second kappa shape index (κ2) is 12.0. The van der Waals surface area contributed by atoms with E-state index in [0.717, 1.165) is 5.69 Å². The SMILES string of the molecule is COc1ncccc1C(=O)N[C@@H]1CC[C@H](C(=O)N(C)Cc2cscn2)C[C@H]1O.O=CO. The number of hydrogen-bond acceptors (Lipinski definition) is 8. The molecule has 3 atom stereocenters. The summed E-state index contributed by atoms with van der Waals surface area (Å²) in [7, 11) is 3.20. The number of carbonyl (C=O) groups excluding carboxylic acids is 2. The Balaban J connectivity index is 0.00000107. The summed E-state index contributed by atoms with van der Waals surface area (Å²) in [5.41, 5.74) is 2.91. The van der Waals surface area contributed by atoms with E-state index in [2.05, 4.69) is 15.3 Å². The number of methoxy groups -OCH3 is 1. The zero-order chi connectivity index (χ0) is 22.8. The van der Waals surface area contributed by atoms with Crippen LogP contribution in [0.3, 0.4) is 0 Å². The number of rotatable bonds is 6. The van der Waals surface area contributed by atoms with Gasteiger partial charge in [-0.05, 0) is 31.4 Å². The molecule has 0 saturated heterocycles. The van der Waals surface area contributed by atoms with E-state index >= 15 is 0 Å². The van der Waals surface area contributed by atoms with Crippen LogP contribution < -0.4 is 10.1 Å². The van der Waals surface area contributed by atoms with Crippen LogP contribution in [-0.4, -0.2) is 69.7 Å². The molecule has 1 aliphatic rings. The van der Waals surface area contributed by atoms with Gasteiger partial charge in [0.2, 0.25) is 11.8 Å². The standard InChI is InChI=1S/C19H24N4O4S.CH2O2/c1-23(9-13-10-28-11-21-13)19(26)12-5-6-15(16(24)8-12)22-17(25)14-4-3-7-20-18(14)27-2;2-1-3/h3-4,7,10-12,15-16,24H,5-6,8-9H2,1-2H3,(H,22,25);1H,(H,2,3)/t12-,15+,16+;/m0./s1. The van der Waals surface area contributed by atoms with Gasteiger partial charge in [-0.15, -0.1) is 11.3 Å². The minimum absolute atomic E-state index is 0.00856. The zero-order valence-corrected chi connectivity index (χ0v) is 18.1. The minimum Gasteiger partial charge on any atom is -0.483 e. The number of hydrogen-bond donors (Lipinski definition) is 3. The van der Waals surface area contributed by atoms with Gasteiger partial charge in [-0.2, -0.15) is 0 Å². The van der Waals surface area contributed by atoms with E-state index in [9.17, 15) is 14.7 Å². The molecule has 2 amide bonds. The fraction of sp³-hybridized carbons (Fsp3) is 0.450. The van der Waals surface area contributed by atoms with Crippen LogP contribution in [0.4, 0.5) is 0 Å². The van der Waals surface area contributed by atoms with Gasteiger partial charge < -0.3 is 25.2 Å². The quantitative estimate of drug-likeness (QED) is 0.557. The van der Waals surface area contributed by atoms with Crippen LogP contribution in [-0.2, 0) is 16.1 Å². The van der Waals surface area contributed by atoms with Crippen molar-refractivity contribution in [2.75, 3.05) is 14.2 Å². The number of carboxylic acid groups (broad SMARTS) is 1. The summed E-state index contributed by atoms with van der Waals surface area (Å²) in [6.45, 7) is 0.204. The van der Waals surface area contributed by atoms with Crippen LogP contribution >= 0.6 is 11.3 Å². The number of aromatic nitrogens is 2. The monoisotopic (exact) mass is 450 g/mol. The predicted molar refractivity (Wildman–Crippen MR) is 113 cm³/mol. The first-order valence-electron chi connectivity index (χ1n) is 9.59. The Bertz CT molecular complexity index is 863. The van der Waals surface area contributed by atoms with Gasteiger partial charge in [-0.3, -0.25) is 14.4 Å². The number of nitrogens with zero attached hydrogens (tertiary/aromatic N) is 3. The van der Waals surface area contributed by atoms with Crippen LogP contribution in [0.1, 0.15) is 35.3 Å². The highest BCUT2D eigenvalue weighted by molar-refractivity contribution is 7.07. The Hall–Kier alpha value is -3.05. The normalized spacial score (nSPS) is 20.0. The first-order valence-corrected chi connectivity index (χ1v) is 10.5. The molecule has 0 aliphatic heterocycles. The number of amides is 2. The second-order valence-corrected chi connectivity index (χ2v) is 7.72. The molecule has 3 N–H and O–H groups in total. The number of carbonyl (C=O) groups is 3. The van der Waals surface area contributed by atoms with Gasteiger partial charge in [0.15, 0.2) is 0 Å². The number of ether oxygens (including phenoxy) is 1. The molecule has 31 heavy (non-hydrogen) atoms. The Labute approximate surface area is 183 Å². The number of aliphatic hydroxyl groups is 1. The van der Waals surface area contributed by atoms with Gasteiger partial charge in [-0.1, -0.05) is 0 Å². The lowest BCUT2D eigenvalue weighted by Crippen LogP contribution is -2.49. The smallest absolute Gasteiger partial charge is 0.290 e. The summed E-state index contributed by atoms with van der Waals surface area (Å²) in [4.78, 5) is 43.4. The van der Waals surface area contributed by atoms with Gasteiger partial charge in [0.05, 0.1) is 37.0 Å². The molecule has 0 spiro atoms. The Morgan fingerprint density at radius 1 is 1.39 bits per heavy atom. The van der Waals surface area contributed by atoms with Gasteiger partial charge in [0.25, 0.3) is 12.4 Å². The molecule has 2 aromatic heterocycles. The summed E-state index contributed by atoms with van der Waals surface area (Å²) in [6.07, 6.45) is 2.20. The van der Waals surface area contributed by atoms with Gasteiger partial charge >= 0.3 is 0 Å². The zero-order valence-electron chi connectivity index (χ0n) is 17.3. The molecule has 1 saturated carbocycles. The maximum absolute atomic E-state index is 12.7. The van der Waals surface area contributed by atoms with Gasteiger partial charge in [0, 0.05) is 24.5 Å². The topological polar surface area (TPSA) is 142 Å². The summed E-state index contributed by atoms with van der Waals surface area (Å²) < 4.78 is 5.11. The Kier molecular flexibility index (Phi) is 9.35. The van der Waals surface area contributed by atoms with Gasteiger partial charge in [0.1, 0.15) is 5.56 Å². The van der Waals surface area contributed by atoms with Crippen LogP contribution in [0, 0.1) is 5.92 Å².